The zero-order valence-corrected chi connectivity index (χ0v) is 12.4. The normalized spacial score (nSPS) is 22.1. The summed E-state index contributed by atoms with van der Waals surface area (Å²) in [7, 11) is 0. The van der Waals surface area contributed by atoms with E-state index < -0.39 is 30.5 Å². The van der Waals surface area contributed by atoms with Crippen molar-refractivity contribution in [3.63, 3.8) is 0 Å². The number of aliphatic carboxylic acids is 1. The predicted molar refractivity (Wildman–Crippen MR) is 73.7 cm³/mol. The minimum atomic E-state index is -4.55. The Kier molecular flexibility index (Phi) is 4.58. The van der Waals surface area contributed by atoms with Crippen LogP contribution < -0.4 is 4.90 Å². The summed E-state index contributed by atoms with van der Waals surface area (Å²) in [4.78, 5) is 20.9. The van der Waals surface area contributed by atoms with Gasteiger partial charge in [0.15, 0.2) is 0 Å². The average molecular weight is 317 g/mol. The van der Waals surface area contributed by atoms with Crippen LogP contribution in [0.4, 0.5) is 19.1 Å². The van der Waals surface area contributed by atoms with E-state index in [4.69, 9.17) is 5.11 Å². The SMILES string of the molecule is CCc1cc(CC)nc(N2C[C@@H](C(F)(F)F)[C@H](C(=O)O)C2)n1. The highest BCUT2D eigenvalue weighted by Gasteiger charge is 2.53. The molecule has 0 saturated carbocycles. The maximum absolute atomic E-state index is 13.0. The minimum absolute atomic E-state index is 0.189. The van der Waals surface area contributed by atoms with Gasteiger partial charge >= 0.3 is 12.1 Å². The standard InChI is InChI=1S/C14H18F3N3O2/c1-3-8-5-9(4-2)19-13(18-8)20-6-10(12(21)22)11(7-20)14(15,16)17/h5,10-11H,3-4,6-7H2,1-2H3,(H,21,22)/t10-,11-/m1/s1. The summed E-state index contributed by atoms with van der Waals surface area (Å²) < 4.78 is 39.1. The van der Waals surface area contributed by atoms with E-state index >= 15 is 0 Å². The molecule has 0 amide bonds. The van der Waals surface area contributed by atoms with E-state index in [1.807, 2.05) is 19.9 Å². The third-order valence-electron chi connectivity index (χ3n) is 3.89. The van der Waals surface area contributed by atoms with Crippen molar-refractivity contribution in [3.8, 4) is 0 Å². The van der Waals surface area contributed by atoms with E-state index in [2.05, 4.69) is 9.97 Å². The molecule has 0 spiro atoms. The average Bonchev–Trinajstić information content (AvgIpc) is 2.92. The smallest absolute Gasteiger partial charge is 0.394 e. The van der Waals surface area contributed by atoms with E-state index in [1.165, 1.54) is 4.90 Å². The van der Waals surface area contributed by atoms with Crippen LogP contribution in [0.25, 0.3) is 0 Å². The zero-order chi connectivity index (χ0) is 16.5. The zero-order valence-electron chi connectivity index (χ0n) is 12.4. The summed E-state index contributed by atoms with van der Waals surface area (Å²) in [6, 6.07) is 1.81. The van der Waals surface area contributed by atoms with Crippen LogP contribution in [-0.2, 0) is 17.6 Å². The summed E-state index contributed by atoms with van der Waals surface area (Å²) >= 11 is 0. The molecule has 1 aromatic heterocycles. The third-order valence-corrected chi connectivity index (χ3v) is 3.89. The molecule has 2 atom stereocenters. The van der Waals surface area contributed by atoms with Crippen LogP contribution in [0.5, 0.6) is 0 Å². The number of alkyl halides is 3. The van der Waals surface area contributed by atoms with Gasteiger partial charge in [0.25, 0.3) is 0 Å². The first-order chi connectivity index (χ1) is 10.3. The summed E-state index contributed by atoms with van der Waals surface area (Å²) in [6.07, 6.45) is -3.27. The van der Waals surface area contributed by atoms with Gasteiger partial charge in [-0.15, -0.1) is 0 Å². The van der Waals surface area contributed by atoms with Gasteiger partial charge in [-0.3, -0.25) is 4.79 Å². The fraction of sp³-hybridized carbons (Fsp3) is 0.643. The van der Waals surface area contributed by atoms with E-state index in [0.717, 1.165) is 11.4 Å². The summed E-state index contributed by atoms with van der Waals surface area (Å²) in [5.74, 6) is -4.63. The molecule has 0 aliphatic carbocycles. The summed E-state index contributed by atoms with van der Waals surface area (Å²) in [6.45, 7) is 3.15. The molecular weight excluding hydrogens is 299 g/mol. The van der Waals surface area contributed by atoms with Crippen LogP contribution in [0.2, 0.25) is 0 Å². The Morgan fingerprint density at radius 1 is 1.27 bits per heavy atom. The topological polar surface area (TPSA) is 66.3 Å². The van der Waals surface area contributed by atoms with Gasteiger partial charge in [0.05, 0.1) is 11.8 Å². The molecule has 1 N–H and O–H groups in total. The lowest BCUT2D eigenvalue weighted by Crippen LogP contribution is -2.33. The van der Waals surface area contributed by atoms with Crippen molar-refractivity contribution in [1.82, 2.24) is 9.97 Å². The number of rotatable bonds is 4. The van der Waals surface area contributed by atoms with E-state index in [1.54, 1.807) is 0 Å². The molecule has 1 aliphatic heterocycles. The third kappa shape index (κ3) is 3.31. The fourth-order valence-corrected chi connectivity index (χ4v) is 2.59. The van der Waals surface area contributed by atoms with Crippen LogP contribution in [0, 0.1) is 11.8 Å². The maximum atomic E-state index is 13.0. The lowest BCUT2D eigenvalue weighted by molar-refractivity contribution is -0.187. The van der Waals surface area contributed by atoms with Gasteiger partial charge in [-0.05, 0) is 18.9 Å². The number of hydrogen-bond donors (Lipinski definition) is 1. The fourth-order valence-electron chi connectivity index (χ4n) is 2.59. The molecular formula is C14H18F3N3O2. The van der Waals surface area contributed by atoms with Gasteiger partial charge in [-0.1, -0.05) is 13.8 Å². The molecule has 2 heterocycles. The van der Waals surface area contributed by atoms with Crippen LogP contribution in [0.15, 0.2) is 6.07 Å². The highest BCUT2D eigenvalue weighted by atomic mass is 19.4. The molecule has 1 saturated heterocycles. The van der Waals surface area contributed by atoms with Crippen molar-refractivity contribution in [3.05, 3.63) is 17.5 Å². The lowest BCUT2D eigenvalue weighted by Gasteiger charge is -2.19. The molecule has 0 radical (unpaired) electrons. The van der Waals surface area contributed by atoms with Gasteiger partial charge in [0.1, 0.15) is 0 Å². The molecule has 1 fully saturated rings. The van der Waals surface area contributed by atoms with E-state index in [9.17, 15) is 18.0 Å². The Hall–Kier alpha value is -1.86. The summed E-state index contributed by atoms with van der Waals surface area (Å²) in [5.41, 5.74) is 1.48. The van der Waals surface area contributed by atoms with Crippen molar-refractivity contribution in [2.45, 2.75) is 32.9 Å². The van der Waals surface area contributed by atoms with E-state index in [-0.39, 0.29) is 12.5 Å². The molecule has 1 aromatic rings. The molecule has 5 nitrogen and oxygen atoms in total. The first kappa shape index (κ1) is 16.5. The van der Waals surface area contributed by atoms with Gasteiger partial charge in [0.2, 0.25) is 5.95 Å². The highest BCUT2D eigenvalue weighted by molar-refractivity contribution is 5.72. The van der Waals surface area contributed by atoms with Crippen LogP contribution in [0.1, 0.15) is 25.2 Å². The van der Waals surface area contributed by atoms with Crippen molar-refractivity contribution in [1.29, 1.82) is 0 Å². The van der Waals surface area contributed by atoms with Crippen LogP contribution in [0.3, 0.4) is 0 Å². The Bertz CT molecular complexity index is 541. The highest BCUT2D eigenvalue weighted by Crippen LogP contribution is 2.38. The van der Waals surface area contributed by atoms with Crippen molar-refractivity contribution in [2.75, 3.05) is 18.0 Å². The second-order valence-electron chi connectivity index (χ2n) is 5.36. The molecule has 1 aliphatic rings. The first-order valence-corrected chi connectivity index (χ1v) is 7.17. The number of hydrogen-bond acceptors (Lipinski definition) is 4. The van der Waals surface area contributed by atoms with Gasteiger partial charge in [-0.25, -0.2) is 9.97 Å². The van der Waals surface area contributed by atoms with Crippen molar-refractivity contribution < 1.29 is 23.1 Å². The number of carbonyl (C=O) groups is 1. The molecule has 0 bridgehead atoms. The molecule has 0 unspecified atom stereocenters. The molecule has 22 heavy (non-hydrogen) atoms. The molecule has 122 valence electrons. The number of aryl methyl sites for hydroxylation is 2. The number of aromatic nitrogens is 2. The van der Waals surface area contributed by atoms with Crippen molar-refractivity contribution >= 4 is 11.9 Å². The number of halogens is 3. The lowest BCUT2D eigenvalue weighted by atomic mass is 9.96. The maximum Gasteiger partial charge on any atom is 0.394 e. The summed E-state index contributed by atoms with van der Waals surface area (Å²) in [5, 5.41) is 9.05. The van der Waals surface area contributed by atoms with Gasteiger partial charge in [0, 0.05) is 24.5 Å². The van der Waals surface area contributed by atoms with Gasteiger partial charge in [-0.2, -0.15) is 13.2 Å². The van der Waals surface area contributed by atoms with Crippen LogP contribution >= 0.6 is 0 Å². The number of nitrogens with zero attached hydrogens (tertiary/aromatic N) is 3. The predicted octanol–water partition coefficient (Wildman–Crippen LogP) is 2.30. The van der Waals surface area contributed by atoms with Crippen molar-refractivity contribution in [2.24, 2.45) is 11.8 Å². The largest absolute Gasteiger partial charge is 0.481 e. The quantitative estimate of drug-likeness (QED) is 0.923. The number of carboxylic acid groups (broad SMARTS) is 1. The second kappa shape index (κ2) is 6.10. The first-order valence-electron chi connectivity index (χ1n) is 7.17. The number of anilines is 1. The Balaban J connectivity index is 2.32. The Labute approximate surface area is 126 Å². The second-order valence-corrected chi connectivity index (χ2v) is 5.36. The Morgan fingerprint density at radius 3 is 2.18 bits per heavy atom. The van der Waals surface area contributed by atoms with E-state index in [0.29, 0.717) is 12.8 Å². The molecule has 2 rings (SSSR count). The van der Waals surface area contributed by atoms with Crippen LogP contribution in [-0.4, -0.2) is 40.3 Å². The molecule has 8 heteroatoms. The molecule has 0 aromatic carbocycles. The monoisotopic (exact) mass is 317 g/mol. The van der Waals surface area contributed by atoms with Gasteiger partial charge < -0.3 is 10.0 Å². The number of carboxylic acids is 1. The minimum Gasteiger partial charge on any atom is -0.481 e. The Morgan fingerprint density at radius 2 is 1.82 bits per heavy atom.